The van der Waals surface area contributed by atoms with Crippen LogP contribution in [0.25, 0.3) is 11.1 Å². The highest BCUT2D eigenvalue weighted by Crippen LogP contribution is 2.26. The van der Waals surface area contributed by atoms with Crippen LogP contribution in [0.2, 0.25) is 0 Å². The Kier molecular flexibility index (Phi) is 9.91. The van der Waals surface area contributed by atoms with Crippen LogP contribution in [0.5, 0.6) is 0 Å². The van der Waals surface area contributed by atoms with Gasteiger partial charge in [0.2, 0.25) is 11.9 Å². The molecule has 1 fully saturated rings. The second-order valence-corrected chi connectivity index (χ2v) is 8.91. The minimum absolute atomic E-state index is 0.0370. The van der Waals surface area contributed by atoms with Gasteiger partial charge in [0.15, 0.2) is 6.29 Å². The molecule has 2 heterocycles. The summed E-state index contributed by atoms with van der Waals surface area (Å²) in [7, 11) is 5.18. The highest BCUT2D eigenvalue weighted by molar-refractivity contribution is 5.76. The molecule has 0 aliphatic carbocycles. The van der Waals surface area contributed by atoms with E-state index < -0.39 is 25.1 Å². The van der Waals surface area contributed by atoms with Crippen LogP contribution in [0.4, 0.5) is 10.3 Å². The fourth-order valence-electron chi connectivity index (χ4n) is 4.39. The molecule has 35 heavy (non-hydrogen) atoms. The summed E-state index contributed by atoms with van der Waals surface area (Å²) in [6.45, 7) is 1.66. The summed E-state index contributed by atoms with van der Waals surface area (Å²) >= 11 is 0. The normalized spacial score (nSPS) is 22.0. The summed E-state index contributed by atoms with van der Waals surface area (Å²) in [6, 6.07) is 6.82. The first-order chi connectivity index (χ1) is 16.8. The zero-order chi connectivity index (χ0) is 25.4. The predicted molar refractivity (Wildman–Crippen MR) is 131 cm³/mol. The molecule has 2 aromatic rings. The number of nitrogens with one attached hydrogen (secondary N) is 2. The number of benzene rings is 1. The lowest BCUT2D eigenvalue weighted by Gasteiger charge is -2.36. The van der Waals surface area contributed by atoms with E-state index in [1.54, 1.807) is 19.4 Å². The number of nitrogens with zero attached hydrogens (tertiary/aromatic N) is 3. The van der Waals surface area contributed by atoms with Gasteiger partial charge in [0.1, 0.15) is 12.8 Å². The number of amides is 1. The molecule has 1 amide bonds. The number of aromatic nitrogens is 2. The van der Waals surface area contributed by atoms with Gasteiger partial charge in [-0.2, -0.15) is 0 Å². The number of methoxy groups -OCH3 is 1. The molecule has 1 aliphatic rings. The molecular weight excluding hydrogens is 453 g/mol. The Labute approximate surface area is 206 Å². The van der Waals surface area contributed by atoms with Gasteiger partial charge in [0.25, 0.3) is 0 Å². The molecule has 0 radical (unpaired) electrons. The van der Waals surface area contributed by atoms with Crippen molar-refractivity contribution >= 4 is 11.9 Å². The number of aliphatic hydroxyl groups excluding tert-OH is 1. The Morgan fingerprint density at radius 2 is 1.94 bits per heavy atom. The van der Waals surface area contributed by atoms with Crippen LogP contribution in [0.15, 0.2) is 36.7 Å². The minimum atomic E-state index is -0.813. The van der Waals surface area contributed by atoms with Gasteiger partial charge in [0, 0.05) is 57.5 Å². The lowest BCUT2D eigenvalue weighted by Crippen LogP contribution is -2.45. The molecule has 5 atom stereocenters. The van der Waals surface area contributed by atoms with Gasteiger partial charge < -0.3 is 30.1 Å². The van der Waals surface area contributed by atoms with E-state index in [1.807, 2.05) is 43.1 Å². The van der Waals surface area contributed by atoms with Crippen LogP contribution in [-0.4, -0.2) is 84.8 Å². The van der Waals surface area contributed by atoms with Crippen LogP contribution in [-0.2, 0) is 14.3 Å². The zero-order valence-electron chi connectivity index (χ0n) is 20.8. The molecule has 1 unspecified atom stereocenters. The number of carbonyl (C=O) groups excluding carboxylic acids is 1. The molecule has 0 bridgehead atoms. The van der Waals surface area contributed by atoms with E-state index in [0.29, 0.717) is 18.9 Å². The second-order valence-electron chi connectivity index (χ2n) is 8.91. The van der Waals surface area contributed by atoms with Crippen molar-refractivity contribution in [3.05, 3.63) is 42.2 Å². The molecule has 1 aromatic heterocycles. The molecule has 1 aliphatic heterocycles. The molecule has 10 heteroatoms. The summed E-state index contributed by atoms with van der Waals surface area (Å²) in [5, 5.41) is 15.5. The quantitative estimate of drug-likeness (QED) is 0.442. The topological polar surface area (TPSA) is 109 Å². The molecule has 1 aromatic carbocycles. The van der Waals surface area contributed by atoms with Crippen LogP contribution in [0.1, 0.15) is 37.9 Å². The number of hydrogen-bond donors (Lipinski definition) is 3. The highest BCUT2D eigenvalue weighted by atomic mass is 19.1. The third-order valence-electron chi connectivity index (χ3n) is 6.36. The fraction of sp³-hybridized carbons (Fsp3) is 0.560. The number of ether oxygens (including phenoxy) is 2. The highest BCUT2D eigenvalue weighted by Gasteiger charge is 2.29. The molecule has 3 rings (SSSR count). The Hall–Kier alpha value is -2.66. The number of halogens is 1. The first-order valence-electron chi connectivity index (χ1n) is 11.9. The van der Waals surface area contributed by atoms with Crippen molar-refractivity contribution in [1.29, 1.82) is 0 Å². The number of anilines is 1. The Bertz CT molecular complexity index is 920. The molecule has 3 N–H and O–H groups in total. The van der Waals surface area contributed by atoms with Crippen molar-refractivity contribution in [2.24, 2.45) is 0 Å². The maximum Gasteiger partial charge on any atom is 0.222 e. The van der Waals surface area contributed by atoms with Crippen molar-refractivity contribution in [3.8, 4) is 11.1 Å². The summed E-state index contributed by atoms with van der Waals surface area (Å²) in [6.07, 6.45) is 3.50. The fourth-order valence-corrected chi connectivity index (χ4v) is 4.39. The van der Waals surface area contributed by atoms with Crippen LogP contribution >= 0.6 is 0 Å². The van der Waals surface area contributed by atoms with Crippen molar-refractivity contribution in [2.45, 2.75) is 56.8 Å². The number of aliphatic hydroxyl groups is 1. The summed E-state index contributed by atoms with van der Waals surface area (Å²) in [5.41, 5.74) is 2.53. The van der Waals surface area contributed by atoms with E-state index in [9.17, 15) is 14.3 Å². The summed E-state index contributed by atoms with van der Waals surface area (Å²) in [5.74, 6) is 0.290. The molecule has 192 valence electrons. The van der Waals surface area contributed by atoms with E-state index in [-0.39, 0.29) is 24.5 Å². The average molecular weight is 490 g/mol. The monoisotopic (exact) mass is 489 g/mol. The maximum atomic E-state index is 14.0. The Balaban J connectivity index is 1.57. The summed E-state index contributed by atoms with van der Waals surface area (Å²) < 4.78 is 24.9. The maximum absolute atomic E-state index is 14.0. The molecule has 0 saturated carbocycles. The number of rotatable bonds is 11. The van der Waals surface area contributed by atoms with Crippen LogP contribution in [0, 0.1) is 0 Å². The van der Waals surface area contributed by atoms with Gasteiger partial charge in [-0.1, -0.05) is 24.3 Å². The zero-order valence-corrected chi connectivity index (χ0v) is 20.8. The third kappa shape index (κ3) is 7.41. The van der Waals surface area contributed by atoms with Gasteiger partial charge in [-0.25, -0.2) is 14.4 Å². The molecule has 9 nitrogen and oxygen atoms in total. The number of alkyl halides is 1. The third-order valence-corrected chi connectivity index (χ3v) is 6.36. The van der Waals surface area contributed by atoms with E-state index in [0.717, 1.165) is 23.1 Å². The lowest BCUT2D eigenvalue weighted by molar-refractivity contribution is -0.173. The largest absolute Gasteiger partial charge is 0.375 e. The Morgan fingerprint density at radius 3 is 2.51 bits per heavy atom. The first-order valence-corrected chi connectivity index (χ1v) is 11.9. The van der Waals surface area contributed by atoms with Gasteiger partial charge in [-0.15, -0.1) is 0 Å². The second kappa shape index (κ2) is 12.9. The van der Waals surface area contributed by atoms with Crippen LogP contribution < -0.4 is 10.6 Å². The van der Waals surface area contributed by atoms with E-state index in [2.05, 4.69) is 20.6 Å². The summed E-state index contributed by atoms with van der Waals surface area (Å²) in [4.78, 5) is 23.1. The van der Waals surface area contributed by atoms with Gasteiger partial charge >= 0.3 is 0 Å². The van der Waals surface area contributed by atoms with Crippen molar-refractivity contribution in [3.63, 3.8) is 0 Å². The van der Waals surface area contributed by atoms with Crippen molar-refractivity contribution in [2.75, 3.05) is 39.7 Å². The van der Waals surface area contributed by atoms with E-state index in [1.165, 1.54) is 7.11 Å². The molecule has 1 saturated heterocycles. The Morgan fingerprint density at radius 1 is 1.26 bits per heavy atom. The first kappa shape index (κ1) is 26.9. The van der Waals surface area contributed by atoms with Crippen LogP contribution in [0.3, 0.4) is 0 Å². The number of hydrogen-bond acceptors (Lipinski definition) is 8. The van der Waals surface area contributed by atoms with Gasteiger partial charge in [0.05, 0.1) is 12.1 Å². The van der Waals surface area contributed by atoms with Gasteiger partial charge in [-0.05, 0) is 31.5 Å². The minimum Gasteiger partial charge on any atom is -0.375 e. The number of carbonyl (C=O) groups is 1. The smallest absolute Gasteiger partial charge is 0.222 e. The van der Waals surface area contributed by atoms with E-state index in [4.69, 9.17) is 9.47 Å². The predicted octanol–water partition coefficient (Wildman–Crippen LogP) is 2.53. The molecular formula is C25H36FN5O4. The van der Waals surface area contributed by atoms with E-state index >= 15 is 0 Å². The lowest BCUT2D eigenvalue weighted by atomic mass is 9.99. The van der Waals surface area contributed by atoms with Crippen molar-refractivity contribution in [1.82, 2.24) is 20.2 Å². The van der Waals surface area contributed by atoms with Gasteiger partial charge in [-0.3, -0.25) is 4.79 Å². The van der Waals surface area contributed by atoms with Crippen molar-refractivity contribution < 1.29 is 23.8 Å². The average Bonchev–Trinajstić information content (AvgIpc) is 2.87. The SMILES string of the molecule is CNc1ncc(-c2ccc([C@@H](OC)[C@@H](CF)NC(=O)CCN(C)C3C[C@@H](C)O[C@@H](O)C3)cc2)cn1. The standard InChI is InChI=1S/C25H36FN5O4/c1-16-11-20(12-23(33)35-16)31(3)10-9-22(32)30-21(13-26)24(34-4)18-7-5-17(6-8-18)19-14-28-25(27-2)29-15-19/h5-8,14-16,20-21,23-24,33H,9-13H2,1-4H3,(H,30,32)(H,27,28,29)/t16-,20?,21-,23-,24-/m1/s1. The molecule has 0 spiro atoms.